The van der Waals surface area contributed by atoms with E-state index in [1.54, 1.807) is 40.1 Å². The quantitative estimate of drug-likeness (QED) is 0.323. The Morgan fingerprint density at radius 1 is 1.00 bits per heavy atom. The average molecular weight is 489 g/mol. The van der Waals surface area contributed by atoms with Crippen LogP contribution in [-0.4, -0.2) is 32.7 Å². The first-order chi connectivity index (χ1) is 15.2. The van der Waals surface area contributed by atoms with Gasteiger partial charge in [-0.05, 0) is 51.0 Å². The number of amides is 1. The summed E-state index contributed by atoms with van der Waals surface area (Å²) in [6, 6.07) is 9.72. The number of allylic oxidation sites excluding steroid dienone is 1. The largest absolute Gasteiger partial charge is 0.354 e. The van der Waals surface area contributed by atoms with Crippen LogP contribution in [0.5, 0.6) is 0 Å². The van der Waals surface area contributed by atoms with E-state index in [1.165, 1.54) is 6.07 Å². The number of likely N-dealkylation sites (N-methyl/N-ethyl adjacent to an activating group) is 1. The first-order valence-corrected chi connectivity index (χ1v) is 9.70. The van der Waals surface area contributed by atoms with Gasteiger partial charge in [-0.25, -0.2) is 8.78 Å². The highest BCUT2D eigenvalue weighted by Gasteiger charge is 2.04. The van der Waals surface area contributed by atoms with Crippen molar-refractivity contribution in [1.29, 1.82) is 0 Å². The van der Waals surface area contributed by atoms with Crippen molar-refractivity contribution in [3.05, 3.63) is 81.0 Å². The van der Waals surface area contributed by atoms with Gasteiger partial charge in [0.15, 0.2) is 0 Å². The van der Waals surface area contributed by atoms with E-state index in [0.29, 0.717) is 11.3 Å². The number of rotatable bonds is 2. The highest BCUT2D eigenvalue weighted by Crippen LogP contribution is 2.19. The van der Waals surface area contributed by atoms with Crippen LogP contribution >= 0.6 is 23.2 Å². The number of nitrogens with one attached hydrogen (secondary N) is 1. The Morgan fingerprint density at radius 2 is 1.53 bits per heavy atom. The molecule has 0 spiro atoms. The highest BCUT2D eigenvalue weighted by molar-refractivity contribution is 6.31. The number of aliphatic imine (C=N–C) groups is 1. The van der Waals surface area contributed by atoms with Gasteiger partial charge in [-0.15, -0.1) is 0 Å². The maximum atomic E-state index is 12.5. The van der Waals surface area contributed by atoms with Gasteiger partial charge in [0, 0.05) is 24.4 Å². The zero-order valence-corrected chi connectivity index (χ0v) is 20.2. The molecule has 0 saturated carbocycles. The fourth-order valence-corrected chi connectivity index (χ4v) is 2.01. The molecule has 0 unspecified atom stereocenters. The zero-order chi connectivity index (χ0) is 25.7. The van der Waals surface area contributed by atoms with Crippen LogP contribution in [0.1, 0.15) is 25.0 Å². The van der Waals surface area contributed by atoms with E-state index >= 15 is 0 Å². The fraction of sp³-hybridized carbons (Fsp3) is 0.217. The summed E-state index contributed by atoms with van der Waals surface area (Å²) in [5, 5.41) is 3.31. The smallest absolute Gasteiger partial charge is 0.269 e. The molecule has 0 bridgehead atoms. The Hall–Kier alpha value is -2.90. The van der Waals surface area contributed by atoms with E-state index in [9.17, 15) is 13.6 Å². The van der Waals surface area contributed by atoms with Gasteiger partial charge >= 0.3 is 0 Å². The lowest BCUT2D eigenvalue weighted by molar-refractivity contribution is -0.117. The summed E-state index contributed by atoms with van der Waals surface area (Å²) in [6.07, 6.45) is 3.25. The summed E-state index contributed by atoms with van der Waals surface area (Å²) in [5.41, 5.74) is 2.00. The second-order valence-electron chi connectivity index (χ2n) is 5.41. The van der Waals surface area contributed by atoms with Crippen molar-refractivity contribution in [3.8, 4) is 0 Å². The number of benzene rings is 2. The molecule has 0 saturated heterocycles. The molecule has 0 fully saturated rings. The molecule has 2 aromatic rings. The molecule has 0 aliphatic heterocycles. The first-order valence-electron chi connectivity index (χ1n) is 8.94. The van der Waals surface area contributed by atoms with Crippen LogP contribution in [0.15, 0.2) is 53.2 Å². The van der Waals surface area contributed by atoms with E-state index in [0.717, 1.165) is 16.7 Å². The third kappa shape index (κ3) is 15.0. The van der Waals surface area contributed by atoms with Gasteiger partial charge in [0.25, 0.3) is 5.91 Å². The minimum atomic E-state index is -0.709. The Morgan fingerprint density at radius 3 is 1.88 bits per heavy atom. The molecule has 1 N–H and O–H groups in total. The molecule has 9 heteroatoms. The van der Waals surface area contributed by atoms with Crippen molar-refractivity contribution in [2.75, 3.05) is 7.05 Å². The van der Waals surface area contributed by atoms with Gasteiger partial charge in [-0.2, -0.15) is 0 Å². The molecule has 0 radical (unpaired) electrons. The monoisotopic (exact) mass is 488 g/mol. The zero-order valence-electron chi connectivity index (χ0n) is 18.7. The number of hydrogen-bond donors (Lipinski definition) is 1. The predicted molar refractivity (Wildman–Crippen MR) is 129 cm³/mol. The maximum Gasteiger partial charge on any atom is 0.269 e. The van der Waals surface area contributed by atoms with Crippen molar-refractivity contribution >= 4 is 48.9 Å². The summed E-state index contributed by atoms with van der Waals surface area (Å²) in [5.74, 6) is -1.46. The summed E-state index contributed by atoms with van der Waals surface area (Å²) in [6.45, 7) is 11.1. The van der Waals surface area contributed by atoms with Crippen LogP contribution in [-0.2, 0) is 14.4 Å². The van der Waals surface area contributed by atoms with Crippen LogP contribution in [0, 0.1) is 25.5 Å². The third-order valence-electron chi connectivity index (χ3n) is 3.25. The molecule has 0 aromatic heterocycles. The minimum Gasteiger partial charge on any atom is -0.354 e. The van der Waals surface area contributed by atoms with Crippen LogP contribution in [0.4, 0.5) is 8.78 Å². The van der Waals surface area contributed by atoms with Crippen LogP contribution in [0.3, 0.4) is 0 Å². The SMILES string of the molecule is C=O.C=O.CC=N/C(=C\C)C(=O)NC.Cc1cc(F)cc(F)c1Cl.Cc1ccccc1Cl. The molecule has 2 aromatic carbocycles. The second kappa shape index (κ2) is 21.3. The van der Waals surface area contributed by atoms with Crippen LogP contribution in [0.2, 0.25) is 10.0 Å². The molecule has 0 atom stereocenters. The van der Waals surface area contributed by atoms with Gasteiger partial charge in [0.2, 0.25) is 0 Å². The number of halogens is 4. The molecule has 176 valence electrons. The van der Waals surface area contributed by atoms with E-state index in [4.69, 9.17) is 32.8 Å². The van der Waals surface area contributed by atoms with E-state index in [2.05, 4.69) is 10.3 Å². The van der Waals surface area contributed by atoms with Crippen molar-refractivity contribution in [2.24, 2.45) is 4.99 Å². The Balaban J connectivity index is -0.000000366. The molecule has 0 aliphatic rings. The summed E-state index contributed by atoms with van der Waals surface area (Å²) in [4.78, 5) is 30.7. The Labute approximate surface area is 198 Å². The Kier molecular flexibility index (Phi) is 22.5. The highest BCUT2D eigenvalue weighted by atomic mass is 35.5. The summed E-state index contributed by atoms with van der Waals surface area (Å²) >= 11 is 11.1. The topological polar surface area (TPSA) is 75.6 Å². The molecule has 2 rings (SSSR count). The van der Waals surface area contributed by atoms with Gasteiger partial charge in [-0.3, -0.25) is 9.79 Å². The number of carbonyl (C=O) groups excluding carboxylic acids is 3. The molecule has 0 aliphatic carbocycles. The molecule has 5 nitrogen and oxygen atoms in total. The minimum absolute atomic E-state index is 0.0126. The summed E-state index contributed by atoms with van der Waals surface area (Å²) < 4.78 is 24.8. The van der Waals surface area contributed by atoms with E-state index in [-0.39, 0.29) is 10.9 Å². The van der Waals surface area contributed by atoms with Gasteiger partial charge in [0.1, 0.15) is 30.9 Å². The van der Waals surface area contributed by atoms with Gasteiger partial charge in [0.05, 0.1) is 5.02 Å². The standard InChI is InChI=1S/C7H5ClF2.C7H7Cl.C7H12N2O.2CH2O/c1-4-2-5(9)3-6(10)7(4)8;1-6-4-2-3-5-7(6)8;1-4-6(9-5-2)7(10)8-3;2*1-2/h2-3H,1H3;2-5H,1H3;4-5H,1-3H3,(H,8,10);2*1H2/b;;6-4-,9-5?;;. The van der Waals surface area contributed by atoms with E-state index in [1.807, 2.05) is 44.8 Å². The lowest BCUT2D eigenvalue weighted by Crippen LogP contribution is -2.18. The van der Waals surface area contributed by atoms with E-state index < -0.39 is 11.6 Å². The van der Waals surface area contributed by atoms with Crippen molar-refractivity contribution in [1.82, 2.24) is 5.32 Å². The third-order valence-corrected chi connectivity index (χ3v) is 4.16. The fourth-order valence-electron chi connectivity index (χ4n) is 1.77. The second-order valence-corrected chi connectivity index (χ2v) is 6.19. The maximum absolute atomic E-state index is 12.5. The molecular formula is C23H28Cl2F2N2O3. The normalized spacial score (nSPS) is 9.47. The molecule has 0 heterocycles. The lowest BCUT2D eigenvalue weighted by atomic mass is 10.2. The number of hydrogen-bond acceptors (Lipinski definition) is 4. The average Bonchev–Trinajstić information content (AvgIpc) is 2.80. The van der Waals surface area contributed by atoms with Crippen molar-refractivity contribution in [3.63, 3.8) is 0 Å². The number of aryl methyl sites for hydroxylation is 2. The first kappa shape index (κ1) is 33.7. The number of nitrogens with zero attached hydrogens (tertiary/aromatic N) is 1. The predicted octanol–water partition coefficient (Wildman–Crippen LogP) is 5.93. The van der Waals surface area contributed by atoms with Gasteiger partial charge < -0.3 is 14.9 Å². The molecule has 1 amide bonds. The van der Waals surface area contributed by atoms with Gasteiger partial charge in [-0.1, -0.05) is 47.5 Å². The van der Waals surface area contributed by atoms with Crippen molar-refractivity contribution < 1.29 is 23.2 Å². The molecule has 32 heavy (non-hydrogen) atoms. The lowest BCUT2D eigenvalue weighted by Gasteiger charge is -1.97. The van der Waals surface area contributed by atoms with Crippen LogP contribution < -0.4 is 5.32 Å². The van der Waals surface area contributed by atoms with Crippen LogP contribution in [0.25, 0.3) is 0 Å². The molecular weight excluding hydrogens is 461 g/mol. The Bertz CT molecular complexity index is 830. The van der Waals surface area contributed by atoms with Crippen molar-refractivity contribution in [2.45, 2.75) is 27.7 Å². The summed E-state index contributed by atoms with van der Waals surface area (Å²) in [7, 11) is 1.58. The number of carbonyl (C=O) groups is 3.